The summed E-state index contributed by atoms with van der Waals surface area (Å²) in [6, 6.07) is 0. The molecule has 0 saturated heterocycles. The fraction of sp³-hybridized carbons (Fsp3) is 1.00. The minimum absolute atomic E-state index is 0.514. The molecule has 0 unspecified atom stereocenters. The fourth-order valence-electron chi connectivity index (χ4n) is 4.92. The van der Waals surface area contributed by atoms with Crippen molar-refractivity contribution < 1.29 is 4.48 Å². The van der Waals surface area contributed by atoms with Crippen LogP contribution in [0.25, 0.3) is 0 Å². The van der Waals surface area contributed by atoms with Gasteiger partial charge in [0.25, 0.3) is 0 Å². The van der Waals surface area contributed by atoms with E-state index in [0.29, 0.717) is 5.54 Å². The van der Waals surface area contributed by atoms with Crippen LogP contribution in [0.4, 0.5) is 0 Å². The number of rotatable bonds is 16. The Morgan fingerprint density at radius 3 is 1.29 bits per heavy atom. The van der Waals surface area contributed by atoms with Crippen molar-refractivity contribution in [2.75, 3.05) is 20.1 Å². The monoisotopic (exact) mass is 340 g/mol. The molecule has 0 aromatic carbocycles. The van der Waals surface area contributed by atoms with Gasteiger partial charge in [-0.2, -0.15) is 0 Å². The summed E-state index contributed by atoms with van der Waals surface area (Å²) < 4.78 is 1.30. The predicted molar refractivity (Wildman–Crippen MR) is 112 cm³/mol. The highest BCUT2D eigenvalue weighted by Crippen LogP contribution is 2.44. The van der Waals surface area contributed by atoms with Gasteiger partial charge < -0.3 is 4.48 Å². The van der Waals surface area contributed by atoms with Crippen LogP contribution < -0.4 is 0 Å². The number of unbranched alkanes of at least 4 members (excludes halogenated alkanes) is 4. The maximum absolute atomic E-state index is 2.58. The molecule has 0 bridgehead atoms. The smallest absolute Gasteiger partial charge is 0.102 e. The van der Waals surface area contributed by atoms with Crippen molar-refractivity contribution in [3.8, 4) is 0 Å². The van der Waals surface area contributed by atoms with Crippen molar-refractivity contribution in [1.29, 1.82) is 0 Å². The average Bonchev–Trinajstić information content (AvgIpc) is 2.62. The lowest BCUT2D eigenvalue weighted by Gasteiger charge is -2.55. The zero-order chi connectivity index (χ0) is 18.5. The average molecular weight is 341 g/mol. The summed E-state index contributed by atoms with van der Waals surface area (Å²) in [5.41, 5.74) is 0.514. The molecule has 0 aliphatic carbocycles. The molecule has 0 spiro atoms. The van der Waals surface area contributed by atoms with Crippen LogP contribution in [-0.4, -0.2) is 30.2 Å². The van der Waals surface area contributed by atoms with Crippen LogP contribution in [0.3, 0.4) is 0 Å². The molecule has 1 heteroatoms. The number of nitrogens with zero attached hydrogens (tertiary/aromatic N) is 1. The van der Waals surface area contributed by atoms with E-state index in [1.54, 1.807) is 0 Å². The maximum Gasteiger partial charge on any atom is 0.102 e. The molecule has 0 radical (unpaired) electrons. The molecule has 1 nitrogen and oxygen atoms in total. The van der Waals surface area contributed by atoms with E-state index in [2.05, 4.69) is 48.6 Å². The third kappa shape index (κ3) is 6.36. The Kier molecular flexibility index (Phi) is 13.2. The second-order valence-corrected chi connectivity index (χ2v) is 8.32. The summed E-state index contributed by atoms with van der Waals surface area (Å²) >= 11 is 0. The van der Waals surface area contributed by atoms with Crippen LogP contribution in [0.5, 0.6) is 0 Å². The summed E-state index contributed by atoms with van der Waals surface area (Å²) in [5.74, 6) is 0.917. The Labute approximate surface area is 155 Å². The SMILES string of the molecule is CCCCC(CCCC)C(CCCC)(CCCC)[N+](C)(CC)CC. The Hall–Kier alpha value is -0.0400. The van der Waals surface area contributed by atoms with Gasteiger partial charge in [-0.15, -0.1) is 0 Å². The quantitative estimate of drug-likeness (QED) is 0.254. The third-order valence-corrected chi connectivity index (χ3v) is 6.97. The Bertz CT molecular complexity index is 264. The first-order valence-electron chi connectivity index (χ1n) is 11.4. The van der Waals surface area contributed by atoms with E-state index in [4.69, 9.17) is 0 Å². The van der Waals surface area contributed by atoms with Gasteiger partial charge >= 0.3 is 0 Å². The molecular weight excluding hydrogens is 290 g/mol. The zero-order valence-corrected chi connectivity index (χ0v) is 18.4. The van der Waals surface area contributed by atoms with Gasteiger partial charge in [-0.25, -0.2) is 0 Å². The van der Waals surface area contributed by atoms with Gasteiger partial charge in [0, 0.05) is 18.8 Å². The molecule has 0 aromatic rings. The van der Waals surface area contributed by atoms with E-state index in [1.165, 1.54) is 94.6 Å². The lowest BCUT2D eigenvalue weighted by atomic mass is 9.69. The summed E-state index contributed by atoms with van der Waals surface area (Å²) in [6.45, 7) is 16.9. The molecule has 0 saturated carbocycles. The Balaban J connectivity index is 5.82. The molecule has 0 aliphatic rings. The summed E-state index contributed by atoms with van der Waals surface area (Å²) in [4.78, 5) is 0. The van der Waals surface area contributed by atoms with Gasteiger partial charge in [-0.05, 0) is 39.5 Å². The highest BCUT2D eigenvalue weighted by atomic mass is 15.4. The predicted octanol–water partition coefficient (Wildman–Crippen LogP) is 7.59. The maximum atomic E-state index is 2.58. The van der Waals surface area contributed by atoms with E-state index in [0.717, 1.165) is 5.92 Å². The topological polar surface area (TPSA) is 0 Å². The third-order valence-electron chi connectivity index (χ3n) is 6.97. The van der Waals surface area contributed by atoms with Crippen molar-refractivity contribution in [2.45, 2.75) is 124 Å². The molecule has 0 aliphatic heterocycles. The van der Waals surface area contributed by atoms with Gasteiger partial charge in [0.15, 0.2) is 0 Å². The normalized spacial score (nSPS) is 13.0. The second-order valence-electron chi connectivity index (χ2n) is 8.32. The molecule has 0 fully saturated rings. The van der Waals surface area contributed by atoms with Crippen LogP contribution in [0.15, 0.2) is 0 Å². The van der Waals surface area contributed by atoms with Crippen molar-refractivity contribution in [3.63, 3.8) is 0 Å². The highest BCUT2D eigenvalue weighted by Gasteiger charge is 2.50. The van der Waals surface area contributed by atoms with Crippen LogP contribution in [0.2, 0.25) is 0 Å². The van der Waals surface area contributed by atoms with Crippen molar-refractivity contribution in [1.82, 2.24) is 0 Å². The Morgan fingerprint density at radius 2 is 1.00 bits per heavy atom. The number of hydrogen-bond acceptors (Lipinski definition) is 0. The minimum Gasteiger partial charge on any atom is -0.321 e. The molecular formula is C23H50N+. The van der Waals surface area contributed by atoms with E-state index >= 15 is 0 Å². The first kappa shape index (κ1) is 24.0. The summed E-state index contributed by atoms with van der Waals surface area (Å²) in [7, 11) is 2.58. The van der Waals surface area contributed by atoms with Crippen LogP contribution in [-0.2, 0) is 0 Å². The lowest BCUT2D eigenvalue weighted by Crippen LogP contribution is -2.65. The van der Waals surface area contributed by atoms with Gasteiger partial charge in [-0.1, -0.05) is 66.2 Å². The minimum atomic E-state index is 0.514. The molecule has 0 amide bonds. The van der Waals surface area contributed by atoms with Crippen molar-refractivity contribution in [2.24, 2.45) is 5.92 Å². The van der Waals surface area contributed by atoms with Gasteiger partial charge in [0.1, 0.15) is 5.54 Å². The molecule has 146 valence electrons. The van der Waals surface area contributed by atoms with Crippen molar-refractivity contribution in [3.05, 3.63) is 0 Å². The van der Waals surface area contributed by atoms with Gasteiger partial charge in [0.05, 0.1) is 20.1 Å². The first-order valence-corrected chi connectivity index (χ1v) is 11.4. The Morgan fingerprint density at radius 1 is 0.625 bits per heavy atom. The van der Waals surface area contributed by atoms with Crippen LogP contribution in [0.1, 0.15) is 119 Å². The fourth-order valence-corrected chi connectivity index (χ4v) is 4.92. The van der Waals surface area contributed by atoms with E-state index in [-0.39, 0.29) is 0 Å². The molecule has 0 rings (SSSR count). The molecule has 0 aromatic heterocycles. The largest absolute Gasteiger partial charge is 0.321 e. The van der Waals surface area contributed by atoms with Crippen LogP contribution >= 0.6 is 0 Å². The first-order chi connectivity index (χ1) is 11.5. The molecule has 0 N–H and O–H groups in total. The lowest BCUT2D eigenvalue weighted by molar-refractivity contribution is -0.962. The summed E-state index contributed by atoms with van der Waals surface area (Å²) in [5, 5.41) is 0. The van der Waals surface area contributed by atoms with Gasteiger partial charge in [-0.3, -0.25) is 0 Å². The van der Waals surface area contributed by atoms with Crippen molar-refractivity contribution >= 4 is 0 Å². The standard InChI is InChI=1S/C23H50N/c1-8-14-18-22(19-15-9-2)23(20-16-10-3,21-17-11-4)24(7,12-5)13-6/h22H,8-21H2,1-7H3/q+1. The van der Waals surface area contributed by atoms with Gasteiger partial charge in [0.2, 0.25) is 0 Å². The molecule has 0 atom stereocenters. The van der Waals surface area contributed by atoms with E-state index in [1.807, 2.05) is 0 Å². The highest BCUT2D eigenvalue weighted by molar-refractivity contribution is 4.89. The summed E-state index contributed by atoms with van der Waals surface area (Å²) in [6.07, 6.45) is 16.8. The van der Waals surface area contributed by atoms with Crippen LogP contribution in [0, 0.1) is 5.92 Å². The second kappa shape index (κ2) is 13.2. The molecule has 24 heavy (non-hydrogen) atoms. The van der Waals surface area contributed by atoms with E-state index < -0.39 is 0 Å². The number of quaternary nitrogens is 1. The number of hydrogen-bond donors (Lipinski definition) is 0. The molecule has 0 heterocycles. The van der Waals surface area contributed by atoms with E-state index in [9.17, 15) is 0 Å². The zero-order valence-electron chi connectivity index (χ0n) is 18.4.